The van der Waals surface area contributed by atoms with Crippen molar-refractivity contribution in [2.45, 2.75) is 217 Å². The molecule has 8 aliphatic rings. The Balaban J connectivity index is 0.996. The second-order valence-corrected chi connectivity index (χ2v) is 22.8. The number of carbonyl (C=O) groups excluding carboxylic acids is 1. The van der Waals surface area contributed by atoms with E-state index in [2.05, 4.69) is 41.5 Å². The zero-order valence-electron chi connectivity index (χ0n) is 38.5. The van der Waals surface area contributed by atoms with Crippen molar-refractivity contribution in [1.82, 2.24) is 0 Å². The first-order valence-corrected chi connectivity index (χ1v) is 23.8. The third kappa shape index (κ3) is 7.95. The molecule has 64 heavy (non-hydrogen) atoms. The highest BCUT2D eigenvalue weighted by Gasteiger charge is 2.66. The second-order valence-electron chi connectivity index (χ2n) is 22.8. The SMILES string of the molecule is C[C@@H]1O[C@H](O[C@H]2CC[C@]3(C)[C@H]4CCC5=C(CC[C@@]6(C(=O)O[C@H]7O[C@@H](CO[C@H]8O[C@@H](CO)[C@H](O)[C@@H](O)[C@@H]8O)[C@H](O)[C@@H](O)[C@@H]7O)CCC(C)(C)C[C@H]56)[C@]4(C)CC[C@H]3C2(C)C)[C@@H](O)[C@H](O)[C@H]1O. The van der Waals surface area contributed by atoms with Crippen LogP contribution in [0.2, 0.25) is 0 Å². The second kappa shape index (κ2) is 17.5. The predicted molar refractivity (Wildman–Crippen MR) is 224 cm³/mol. The first kappa shape index (κ1) is 49.0. The molecule has 3 aliphatic heterocycles. The summed E-state index contributed by atoms with van der Waals surface area (Å²) in [6, 6.07) is 0. The molecule has 0 unspecified atom stereocenters. The van der Waals surface area contributed by atoms with E-state index in [0.717, 1.165) is 57.8 Å². The molecule has 6 fully saturated rings. The molecule has 3 heterocycles. The summed E-state index contributed by atoms with van der Waals surface area (Å²) < 4.78 is 35.5. The lowest BCUT2D eigenvalue weighted by Gasteiger charge is -2.67. The van der Waals surface area contributed by atoms with Crippen LogP contribution in [0.4, 0.5) is 0 Å². The third-order valence-corrected chi connectivity index (χ3v) is 18.4. The molecule has 366 valence electrons. The van der Waals surface area contributed by atoms with E-state index in [1.165, 1.54) is 11.1 Å². The molecule has 0 radical (unpaired) electrons. The van der Waals surface area contributed by atoms with Gasteiger partial charge in [0, 0.05) is 0 Å². The third-order valence-electron chi connectivity index (χ3n) is 18.4. The van der Waals surface area contributed by atoms with Crippen LogP contribution in [0.3, 0.4) is 0 Å². The minimum Gasteiger partial charge on any atom is -0.432 e. The molecular weight excluding hydrogens is 836 g/mol. The zero-order chi connectivity index (χ0) is 46.6. The summed E-state index contributed by atoms with van der Waals surface area (Å²) >= 11 is 0. The van der Waals surface area contributed by atoms with Crippen LogP contribution in [0, 0.1) is 44.8 Å². The van der Waals surface area contributed by atoms with Crippen LogP contribution in [-0.4, -0.2) is 168 Å². The number of fused-ring (bicyclic) bond motifs is 6. The fourth-order valence-electron chi connectivity index (χ4n) is 14.5. The van der Waals surface area contributed by atoms with E-state index in [4.69, 9.17) is 28.4 Å². The number of aliphatic hydroxyl groups is 10. The number of hydrogen-bond acceptors (Lipinski definition) is 17. The number of ether oxygens (including phenoxy) is 6. The lowest BCUT2D eigenvalue weighted by Crippen LogP contribution is -2.63. The van der Waals surface area contributed by atoms with E-state index in [0.29, 0.717) is 24.7 Å². The maximum Gasteiger partial charge on any atom is 0.315 e. The van der Waals surface area contributed by atoms with Gasteiger partial charge in [0.05, 0.1) is 30.8 Å². The van der Waals surface area contributed by atoms with Crippen molar-refractivity contribution in [2.24, 2.45) is 44.8 Å². The maximum atomic E-state index is 14.8. The van der Waals surface area contributed by atoms with Gasteiger partial charge in [0.2, 0.25) is 6.29 Å². The van der Waals surface area contributed by atoms with Crippen molar-refractivity contribution >= 4 is 5.97 Å². The van der Waals surface area contributed by atoms with E-state index >= 15 is 0 Å². The summed E-state index contributed by atoms with van der Waals surface area (Å²) in [5.41, 5.74) is 1.44. The van der Waals surface area contributed by atoms with Crippen LogP contribution >= 0.6 is 0 Å². The molecule has 0 spiro atoms. The molecule has 10 N–H and O–H groups in total. The van der Waals surface area contributed by atoms with Crippen molar-refractivity contribution in [3.05, 3.63) is 11.1 Å². The van der Waals surface area contributed by atoms with Gasteiger partial charge in [0.25, 0.3) is 0 Å². The van der Waals surface area contributed by atoms with Gasteiger partial charge in [-0.15, -0.1) is 0 Å². The monoisotopic (exact) mass is 913 g/mol. The zero-order valence-corrected chi connectivity index (χ0v) is 38.5. The number of carbonyl (C=O) groups is 1. The Morgan fingerprint density at radius 1 is 0.641 bits per heavy atom. The summed E-state index contributed by atoms with van der Waals surface area (Å²) in [6.45, 7) is 14.4. The van der Waals surface area contributed by atoms with E-state index in [9.17, 15) is 55.9 Å². The molecule has 22 atom stereocenters. The van der Waals surface area contributed by atoms with Gasteiger partial charge >= 0.3 is 5.97 Å². The quantitative estimate of drug-likeness (QED) is 0.0922. The maximum absolute atomic E-state index is 14.8. The summed E-state index contributed by atoms with van der Waals surface area (Å²) in [5, 5.41) is 105. The molecule has 0 aromatic carbocycles. The van der Waals surface area contributed by atoms with Gasteiger partial charge < -0.3 is 79.5 Å². The number of allylic oxidation sites excluding steroid dienone is 2. The molecule has 0 amide bonds. The summed E-state index contributed by atoms with van der Waals surface area (Å²) in [6.07, 6.45) is -13.1. The van der Waals surface area contributed by atoms with Crippen molar-refractivity contribution in [3.63, 3.8) is 0 Å². The summed E-state index contributed by atoms with van der Waals surface area (Å²) in [5.74, 6) is 0.0488. The highest BCUT2D eigenvalue weighted by atomic mass is 16.7. The standard InChI is InChI=1S/C47H76O17/c1-21-30(49)33(52)37(56)40(60-21)63-29-12-14-46(7)27(44(29,4)5)11-13-45(6)23-10-15-47(17-16-43(2,3)18-24(47)22(23)8-9-28(45)46)42(58)64-41-38(57)35(54)32(51)26(62-41)20-59-39-36(55)34(53)31(50)25(19-48)61-39/h21,24-41,48-57H,8-20H2,1-7H3/t21-,24+,25-,26-,27-,28-,29-,30-,31-,32-,33+,34+,35+,36-,37-,38-,39-,40+,41+,45-,46-,47+/m0/s1. The average Bonchev–Trinajstić information content (AvgIpc) is 3.24. The van der Waals surface area contributed by atoms with Crippen molar-refractivity contribution < 1.29 is 84.3 Å². The van der Waals surface area contributed by atoms with Gasteiger partial charge in [-0.25, -0.2) is 0 Å². The Morgan fingerprint density at radius 2 is 1.27 bits per heavy atom. The molecule has 0 aromatic heterocycles. The fourth-order valence-corrected chi connectivity index (χ4v) is 14.5. The van der Waals surface area contributed by atoms with Gasteiger partial charge in [-0.2, -0.15) is 0 Å². The first-order chi connectivity index (χ1) is 29.9. The Kier molecular flexibility index (Phi) is 13.4. The molecule has 17 nitrogen and oxygen atoms in total. The van der Waals surface area contributed by atoms with Crippen LogP contribution in [-0.2, 0) is 33.2 Å². The largest absolute Gasteiger partial charge is 0.432 e. The van der Waals surface area contributed by atoms with Crippen LogP contribution in [0.25, 0.3) is 0 Å². The molecule has 8 rings (SSSR count). The minimum absolute atomic E-state index is 0.0217. The van der Waals surface area contributed by atoms with Crippen LogP contribution in [0.15, 0.2) is 11.1 Å². The number of aliphatic hydroxyl groups excluding tert-OH is 10. The normalized spacial score (nSPS) is 52.4. The van der Waals surface area contributed by atoms with Gasteiger partial charge in [0.15, 0.2) is 12.6 Å². The molecule has 5 aliphatic carbocycles. The number of rotatable bonds is 8. The Labute approximate surface area is 376 Å². The van der Waals surface area contributed by atoms with Crippen LogP contribution < -0.4 is 0 Å². The minimum atomic E-state index is -1.79. The fraction of sp³-hybridized carbons (Fsp3) is 0.936. The lowest BCUT2D eigenvalue weighted by atomic mass is 9.38. The van der Waals surface area contributed by atoms with Gasteiger partial charge in [-0.3, -0.25) is 4.79 Å². The summed E-state index contributed by atoms with van der Waals surface area (Å²) in [4.78, 5) is 14.8. The van der Waals surface area contributed by atoms with Crippen LogP contribution in [0.1, 0.15) is 119 Å². The average molecular weight is 913 g/mol. The van der Waals surface area contributed by atoms with E-state index < -0.39 is 117 Å². The number of hydrogen-bond donors (Lipinski definition) is 10. The number of esters is 1. The van der Waals surface area contributed by atoms with Gasteiger partial charge in [-0.05, 0) is 117 Å². The first-order valence-electron chi connectivity index (χ1n) is 23.8. The van der Waals surface area contributed by atoms with Gasteiger partial charge in [0.1, 0.15) is 67.1 Å². The highest BCUT2D eigenvalue weighted by Crippen LogP contribution is 2.72. The highest BCUT2D eigenvalue weighted by molar-refractivity contribution is 5.79. The predicted octanol–water partition coefficient (Wildman–Crippen LogP) is 0.922. The van der Waals surface area contributed by atoms with E-state index in [1.807, 2.05) is 0 Å². The van der Waals surface area contributed by atoms with Gasteiger partial charge in [-0.1, -0.05) is 52.7 Å². The molecule has 0 aromatic rings. The van der Waals surface area contributed by atoms with E-state index in [1.54, 1.807) is 6.92 Å². The summed E-state index contributed by atoms with van der Waals surface area (Å²) in [7, 11) is 0. The Hall–Kier alpha value is -1.39. The molecule has 17 heteroatoms. The van der Waals surface area contributed by atoms with Crippen molar-refractivity contribution in [1.29, 1.82) is 0 Å². The van der Waals surface area contributed by atoms with Crippen molar-refractivity contribution in [2.75, 3.05) is 13.2 Å². The molecule has 0 bridgehead atoms. The van der Waals surface area contributed by atoms with Crippen LogP contribution in [0.5, 0.6) is 0 Å². The Bertz CT molecular complexity index is 1740. The lowest BCUT2D eigenvalue weighted by molar-refractivity contribution is -0.328. The topological polar surface area (TPSA) is 275 Å². The molecule has 3 saturated heterocycles. The Morgan fingerprint density at radius 3 is 1.95 bits per heavy atom. The smallest absolute Gasteiger partial charge is 0.315 e. The molecule has 3 saturated carbocycles. The van der Waals surface area contributed by atoms with E-state index in [-0.39, 0.29) is 33.7 Å². The van der Waals surface area contributed by atoms with Crippen molar-refractivity contribution in [3.8, 4) is 0 Å². The molecular formula is C47H76O17.